The topological polar surface area (TPSA) is 57.6 Å². The van der Waals surface area contributed by atoms with Crippen LogP contribution >= 0.6 is 0 Å². The minimum atomic E-state index is 0.755. The maximum atomic E-state index is 5.42. The van der Waals surface area contributed by atoms with E-state index >= 15 is 0 Å². The Bertz CT molecular complexity index is 741. The summed E-state index contributed by atoms with van der Waals surface area (Å²) in [6.45, 7) is 11.5. The third-order valence-electron chi connectivity index (χ3n) is 5.34. The van der Waals surface area contributed by atoms with Crippen molar-refractivity contribution in [3.63, 3.8) is 0 Å². The summed E-state index contributed by atoms with van der Waals surface area (Å²) in [6, 6.07) is 6.18. The van der Waals surface area contributed by atoms with Gasteiger partial charge in [0.05, 0.1) is 24.6 Å². The Morgan fingerprint density at radius 3 is 2.37 bits per heavy atom. The van der Waals surface area contributed by atoms with Crippen molar-refractivity contribution in [2.24, 2.45) is 0 Å². The highest BCUT2D eigenvalue weighted by Crippen LogP contribution is 2.14. The smallest absolute Gasteiger partial charge is 0.225 e. The molecule has 4 rings (SSSR count). The van der Waals surface area contributed by atoms with Gasteiger partial charge in [0.1, 0.15) is 0 Å². The minimum Gasteiger partial charge on any atom is -0.378 e. The summed E-state index contributed by atoms with van der Waals surface area (Å²) < 4.78 is 5.42. The SMILES string of the molecule is Cc1cccnc1CN1CCN(Cc2ccnc(N3CCOCC3)n2)CC1. The van der Waals surface area contributed by atoms with Gasteiger partial charge in [-0.05, 0) is 24.6 Å². The van der Waals surface area contributed by atoms with Crippen LogP contribution < -0.4 is 4.90 Å². The van der Waals surface area contributed by atoms with E-state index in [2.05, 4.69) is 37.7 Å². The van der Waals surface area contributed by atoms with Crippen LogP contribution in [0.2, 0.25) is 0 Å². The average Bonchev–Trinajstić information content (AvgIpc) is 2.72. The Hall–Kier alpha value is -2.09. The van der Waals surface area contributed by atoms with Crippen LogP contribution in [0.5, 0.6) is 0 Å². The zero-order chi connectivity index (χ0) is 18.5. The van der Waals surface area contributed by atoms with E-state index in [1.807, 2.05) is 24.5 Å². The number of rotatable bonds is 5. The highest BCUT2D eigenvalue weighted by atomic mass is 16.5. The molecule has 2 fully saturated rings. The Morgan fingerprint density at radius 2 is 1.63 bits per heavy atom. The van der Waals surface area contributed by atoms with Crippen molar-refractivity contribution in [1.82, 2.24) is 24.8 Å². The molecule has 0 amide bonds. The first-order chi connectivity index (χ1) is 13.3. The highest BCUT2D eigenvalue weighted by molar-refractivity contribution is 5.30. The van der Waals surface area contributed by atoms with E-state index in [4.69, 9.17) is 9.72 Å². The van der Waals surface area contributed by atoms with Gasteiger partial charge in [0.2, 0.25) is 5.95 Å². The lowest BCUT2D eigenvalue weighted by atomic mass is 10.2. The number of morpholine rings is 1. The van der Waals surface area contributed by atoms with Crippen molar-refractivity contribution >= 4 is 5.95 Å². The summed E-state index contributed by atoms with van der Waals surface area (Å²) in [7, 11) is 0. The number of piperazine rings is 1. The number of aromatic nitrogens is 3. The zero-order valence-electron chi connectivity index (χ0n) is 16.0. The number of anilines is 1. The minimum absolute atomic E-state index is 0.755. The van der Waals surface area contributed by atoms with E-state index in [1.165, 1.54) is 11.3 Å². The third kappa shape index (κ3) is 4.80. The monoisotopic (exact) mass is 368 g/mol. The molecule has 0 atom stereocenters. The molecule has 0 radical (unpaired) electrons. The molecule has 0 N–H and O–H groups in total. The normalized spacial score (nSPS) is 19.4. The van der Waals surface area contributed by atoms with Crippen molar-refractivity contribution in [2.45, 2.75) is 20.0 Å². The number of aryl methyl sites for hydroxylation is 1. The first-order valence-corrected chi connectivity index (χ1v) is 9.78. The number of ether oxygens (including phenoxy) is 1. The molecular weight excluding hydrogens is 340 g/mol. The second-order valence-electron chi connectivity index (χ2n) is 7.27. The van der Waals surface area contributed by atoms with Crippen LogP contribution in [0.3, 0.4) is 0 Å². The molecule has 27 heavy (non-hydrogen) atoms. The largest absolute Gasteiger partial charge is 0.378 e. The first-order valence-electron chi connectivity index (χ1n) is 9.78. The summed E-state index contributed by atoms with van der Waals surface area (Å²) in [6.07, 6.45) is 3.77. The van der Waals surface area contributed by atoms with E-state index in [0.717, 1.165) is 77.2 Å². The van der Waals surface area contributed by atoms with E-state index in [-0.39, 0.29) is 0 Å². The van der Waals surface area contributed by atoms with Crippen molar-refractivity contribution in [2.75, 3.05) is 57.4 Å². The number of nitrogens with zero attached hydrogens (tertiary/aromatic N) is 6. The molecule has 2 aliphatic rings. The number of hydrogen-bond acceptors (Lipinski definition) is 7. The molecule has 7 nitrogen and oxygen atoms in total. The third-order valence-corrected chi connectivity index (χ3v) is 5.34. The van der Waals surface area contributed by atoms with E-state index in [1.54, 1.807) is 0 Å². The van der Waals surface area contributed by atoms with Crippen molar-refractivity contribution in [1.29, 1.82) is 0 Å². The van der Waals surface area contributed by atoms with Crippen molar-refractivity contribution in [3.05, 3.63) is 47.5 Å². The summed E-state index contributed by atoms with van der Waals surface area (Å²) in [5, 5.41) is 0. The molecule has 4 heterocycles. The van der Waals surface area contributed by atoms with Crippen LogP contribution in [0.4, 0.5) is 5.95 Å². The van der Waals surface area contributed by atoms with Crippen LogP contribution in [0.1, 0.15) is 17.0 Å². The van der Waals surface area contributed by atoms with Gasteiger partial charge in [-0.2, -0.15) is 0 Å². The molecule has 2 saturated heterocycles. The number of hydrogen-bond donors (Lipinski definition) is 0. The zero-order valence-corrected chi connectivity index (χ0v) is 16.0. The van der Waals surface area contributed by atoms with E-state index in [9.17, 15) is 0 Å². The predicted octanol–water partition coefficient (Wildman–Crippen LogP) is 1.33. The van der Waals surface area contributed by atoms with E-state index < -0.39 is 0 Å². The molecule has 144 valence electrons. The summed E-state index contributed by atoms with van der Waals surface area (Å²) in [5.41, 5.74) is 3.56. The lowest BCUT2D eigenvalue weighted by Gasteiger charge is -2.34. The van der Waals surface area contributed by atoms with Gasteiger partial charge in [0.25, 0.3) is 0 Å². The first kappa shape index (κ1) is 18.3. The van der Waals surface area contributed by atoms with Gasteiger partial charge in [-0.1, -0.05) is 6.07 Å². The Labute approximate surface area is 161 Å². The van der Waals surface area contributed by atoms with Gasteiger partial charge in [-0.15, -0.1) is 0 Å². The summed E-state index contributed by atoms with van der Waals surface area (Å²) >= 11 is 0. The van der Waals surface area contributed by atoms with Crippen molar-refractivity contribution in [3.8, 4) is 0 Å². The van der Waals surface area contributed by atoms with E-state index in [0.29, 0.717) is 0 Å². The molecule has 0 aliphatic carbocycles. The van der Waals surface area contributed by atoms with Gasteiger partial charge in [0.15, 0.2) is 0 Å². The Morgan fingerprint density at radius 1 is 0.889 bits per heavy atom. The Balaban J connectivity index is 1.29. The van der Waals surface area contributed by atoms with Crippen molar-refractivity contribution < 1.29 is 4.74 Å². The molecule has 7 heteroatoms. The second kappa shape index (κ2) is 8.73. The fraction of sp³-hybridized carbons (Fsp3) is 0.550. The Kier molecular flexibility index (Phi) is 5.91. The maximum absolute atomic E-state index is 5.42. The molecule has 0 bridgehead atoms. The molecular formula is C20H28N6O. The van der Waals surface area contributed by atoms with Gasteiger partial charge in [-0.25, -0.2) is 9.97 Å². The standard InChI is InChI=1S/C20H28N6O/c1-17-3-2-5-21-19(17)16-25-9-7-24(8-10-25)15-18-4-6-22-20(23-18)26-11-13-27-14-12-26/h2-6H,7-16H2,1H3. The predicted molar refractivity (Wildman–Crippen MR) is 105 cm³/mol. The van der Waals surface area contributed by atoms with Gasteiger partial charge < -0.3 is 9.64 Å². The average molecular weight is 368 g/mol. The van der Waals surface area contributed by atoms with Gasteiger partial charge >= 0.3 is 0 Å². The second-order valence-corrected chi connectivity index (χ2v) is 7.27. The molecule has 0 spiro atoms. The fourth-order valence-electron chi connectivity index (χ4n) is 3.62. The van der Waals surface area contributed by atoms with Gasteiger partial charge in [-0.3, -0.25) is 14.8 Å². The molecule has 2 aliphatic heterocycles. The fourth-order valence-corrected chi connectivity index (χ4v) is 3.62. The quantitative estimate of drug-likeness (QED) is 0.789. The molecule has 0 saturated carbocycles. The highest BCUT2D eigenvalue weighted by Gasteiger charge is 2.19. The summed E-state index contributed by atoms with van der Waals surface area (Å²) in [4.78, 5) is 20.9. The molecule has 2 aromatic rings. The van der Waals surface area contributed by atoms with Crippen LogP contribution in [0.25, 0.3) is 0 Å². The van der Waals surface area contributed by atoms with Crippen LogP contribution in [0, 0.1) is 6.92 Å². The molecule has 2 aromatic heterocycles. The van der Waals surface area contributed by atoms with Crippen LogP contribution in [0.15, 0.2) is 30.6 Å². The molecule has 0 unspecified atom stereocenters. The summed E-state index contributed by atoms with van der Waals surface area (Å²) in [5.74, 6) is 0.833. The lowest BCUT2D eigenvalue weighted by Crippen LogP contribution is -2.45. The van der Waals surface area contributed by atoms with Crippen LogP contribution in [-0.4, -0.2) is 77.2 Å². The van der Waals surface area contributed by atoms with Gasteiger partial charge in [0, 0.05) is 64.8 Å². The molecule has 0 aromatic carbocycles. The van der Waals surface area contributed by atoms with Crippen LogP contribution in [-0.2, 0) is 17.8 Å². The lowest BCUT2D eigenvalue weighted by molar-refractivity contribution is 0.119. The maximum Gasteiger partial charge on any atom is 0.225 e. The number of pyridine rings is 1.